The fourth-order valence-electron chi connectivity index (χ4n) is 5.44. The molecule has 1 unspecified atom stereocenters. The fourth-order valence-corrected chi connectivity index (χ4v) is 5.44. The first-order valence-corrected chi connectivity index (χ1v) is 10.9. The minimum absolute atomic E-state index is 0.0337. The van der Waals surface area contributed by atoms with Crippen LogP contribution in [0.5, 0.6) is 0 Å². The van der Waals surface area contributed by atoms with Gasteiger partial charge in [0.25, 0.3) is 0 Å². The van der Waals surface area contributed by atoms with Crippen molar-refractivity contribution < 1.29 is 9.18 Å². The molecule has 3 atom stereocenters. The number of aromatic nitrogens is 1. The van der Waals surface area contributed by atoms with E-state index in [4.69, 9.17) is 0 Å². The number of likely N-dealkylation sites (tertiary alicyclic amines) is 2. The Morgan fingerprint density at radius 1 is 1.28 bits per heavy atom. The molecule has 0 amide bonds. The van der Waals surface area contributed by atoms with E-state index in [0.717, 1.165) is 61.9 Å². The van der Waals surface area contributed by atoms with Crippen LogP contribution < -0.4 is 0 Å². The normalized spacial score (nSPS) is 25.9. The summed E-state index contributed by atoms with van der Waals surface area (Å²) < 4.78 is 14.7. The number of hydrogen-bond donors (Lipinski definition) is 0. The number of piperidine rings is 2. The molecular weight excluding hydrogens is 365 g/mol. The number of halogens is 1. The van der Waals surface area contributed by atoms with Gasteiger partial charge in [0.2, 0.25) is 0 Å². The molecule has 4 nitrogen and oxygen atoms in total. The third-order valence-corrected chi connectivity index (χ3v) is 7.05. The summed E-state index contributed by atoms with van der Waals surface area (Å²) in [6.45, 7) is 7.92. The maximum atomic E-state index is 14.7. The first-order valence-electron chi connectivity index (χ1n) is 10.9. The van der Waals surface area contributed by atoms with Crippen molar-refractivity contribution in [1.82, 2.24) is 14.8 Å². The number of hydrogen-bond acceptors (Lipinski definition) is 4. The second-order valence-electron chi connectivity index (χ2n) is 9.23. The Morgan fingerprint density at radius 3 is 2.76 bits per heavy atom. The first kappa shape index (κ1) is 20.4. The van der Waals surface area contributed by atoms with Crippen LogP contribution in [0.1, 0.15) is 43.2 Å². The Hall–Kier alpha value is -1.85. The number of aldehydes is 1. The molecule has 0 N–H and O–H groups in total. The quantitative estimate of drug-likeness (QED) is 0.731. The van der Waals surface area contributed by atoms with Crippen LogP contribution in [0.15, 0.2) is 24.4 Å². The number of carbonyl (C=O) groups excluding carboxylic acids is 1. The predicted octanol–water partition coefficient (Wildman–Crippen LogP) is 4.02. The van der Waals surface area contributed by atoms with Crippen LogP contribution in [0.4, 0.5) is 4.39 Å². The lowest BCUT2D eigenvalue weighted by Gasteiger charge is -2.43. The van der Waals surface area contributed by atoms with E-state index in [1.807, 2.05) is 6.07 Å². The number of rotatable bonds is 4. The highest BCUT2D eigenvalue weighted by atomic mass is 19.1. The van der Waals surface area contributed by atoms with Crippen molar-refractivity contribution in [3.05, 3.63) is 41.3 Å². The highest BCUT2D eigenvalue weighted by molar-refractivity contribution is 5.85. The van der Waals surface area contributed by atoms with Crippen molar-refractivity contribution in [3.8, 4) is 0 Å². The van der Waals surface area contributed by atoms with Crippen LogP contribution in [0.25, 0.3) is 10.9 Å². The molecule has 3 heterocycles. The van der Waals surface area contributed by atoms with Gasteiger partial charge in [-0.3, -0.25) is 9.88 Å². The molecule has 0 bridgehead atoms. The molecule has 2 aromatic rings. The zero-order valence-electron chi connectivity index (χ0n) is 17.8. The van der Waals surface area contributed by atoms with E-state index in [0.29, 0.717) is 17.4 Å². The van der Waals surface area contributed by atoms with Crippen LogP contribution in [-0.4, -0.2) is 60.3 Å². The summed E-state index contributed by atoms with van der Waals surface area (Å²) in [6.07, 6.45) is 6.06. The highest BCUT2D eigenvalue weighted by Crippen LogP contribution is 2.37. The topological polar surface area (TPSA) is 36.4 Å². The molecule has 0 saturated carbocycles. The van der Waals surface area contributed by atoms with E-state index in [1.165, 1.54) is 6.29 Å². The van der Waals surface area contributed by atoms with Crippen molar-refractivity contribution in [2.45, 2.75) is 45.1 Å². The summed E-state index contributed by atoms with van der Waals surface area (Å²) in [6, 6.07) is 5.67. The van der Waals surface area contributed by atoms with Gasteiger partial charge in [-0.05, 0) is 81.8 Å². The summed E-state index contributed by atoms with van der Waals surface area (Å²) in [4.78, 5) is 21.3. The predicted molar refractivity (Wildman–Crippen MR) is 115 cm³/mol. The maximum Gasteiger partial charge on any atom is 0.137 e. The minimum atomic E-state index is -0.182. The molecule has 29 heavy (non-hydrogen) atoms. The lowest BCUT2D eigenvalue weighted by atomic mass is 9.81. The van der Waals surface area contributed by atoms with Gasteiger partial charge in [-0.1, -0.05) is 13.0 Å². The van der Waals surface area contributed by atoms with Crippen LogP contribution in [0.3, 0.4) is 0 Å². The van der Waals surface area contributed by atoms with Crippen LogP contribution in [-0.2, 0) is 4.79 Å². The molecule has 2 aliphatic heterocycles. The molecule has 2 fully saturated rings. The summed E-state index contributed by atoms with van der Waals surface area (Å²) in [5, 5.41) is 1.05. The van der Waals surface area contributed by atoms with Crippen molar-refractivity contribution >= 4 is 17.2 Å². The molecule has 0 radical (unpaired) electrons. The zero-order chi connectivity index (χ0) is 20.5. The second kappa shape index (κ2) is 8.49. The summed E-state index contributed by atoms with van der Waals surface area (Å²) in [7, 11) is 2.15. The number of benzene rings is 1. The van der Waals surface area contributed by atoms with E-state index < -0.39 is 0 Å². The number of pyridine rings is 1. The van der Waals surface area contributed by atoms with E-state index >= 15 is 0 Å². The molecule has 2 saturated heterocycles. The van der Waals surface area contributed by atoms with E-state index in [9.17, 15) is 9.18 Å². The van der Waals surface area contributed by atoms with Gasteiger partial charge < -0.3 is 9.69 Å². The lowest BCUT2D eigenvalue weighted by molar-refractivity contribution is -0.116. The van der Waals surface area contributed by atoms with Crippen LogP contribution in [0, 0.1) is 24.6 Å². The number of nitrogens with zero attached hydrogens (tertiary/aromatic N) is 3. The van der Waals surface area contributed by atoms with E-state index in [-0.39, 0.29) is 17.8 Å². The van der Waals surface area contributed by atoms with Crippen LogP contribution >= 0.6 is 0 Å². The van der Waals surface area contributed by atoms with E-state index in [1.54, 1.807) is 19.2 Å². The van der Waals surface area contributed by atoms with Crippen LogP contribution in [0.2, 0.25) is 0 Å². The lowest BCUT2D eigenvalue weighted by Crippen LogP contribution is -2.51. The molecule has 2 aliphatic rings. The maximum absolute atomic E-state index is 14.7. The molecule has 0 aliphatic carbocycles. The van der Waals surface area contributed by atoms with Crippen molar-refractivity contribution in [2.24, 2.45) is 11.8 Å². The molecule has 156 valence electrons. The highest BCUT2D eigenvalue weighted by Gasteiger charge is 2.35. The molecule has 4 rings (SSSR count). The molecule has 5 heteroatoms. The van der Waals surface area contributed by atoms with Crippen molar-refractivity contribution in [3.63, 3.8) is 0 Å². The Balaban J connectivity index is 1.63. The standard InChI is InChI=1S/C24H32FN3O/c1-16-11-19(21-12-22(25)17(2)24-20(21)5-4-8-26-24)14-28(13-16)23(15-29)18-6-9-27(3)10-7-18/h4-5,8,12,15-16,18-19,23H,6-7,9-11,13-14H2,1-3H3/t16-,19+,23?/m1/s1. The van der Waals surface area contributed by atoms with Gasteiger partial charge in [0, 0.05) is 30.2 Å². The van der Waals surface area contributed by atoms with Crippen molar-refractivity contribution in [1.29, 1.82) is 0 Å². The first-order chi connectivity index (χ1) is 14.0. The molecular formula is C24H32FN3O. The summed E-state index contributed by atoms with van der Waals surface area (Å²) >= 11 is 0. The van der Waals surface area contributed by atoms with E-state index in [2.05, 4.69) is 34.8 Å². The van der Waals surface area contributed by atoms with Gasteiger partial charge in [-0.2, -0.15) is 0 Å². The Morgan fingerprint density at radius 2 is 2.03 bits per heavy atom. The zero-order valence-corrected chi connectivity index (χ0v) is 17.8. The monoisotopic (exact) mass is 397 g/mol. The second-order valence-corrected chi connectivity index (χ2v) is 9.23. The van der Waals surface area contributed by atoms with Gasteiger partial charge in [-0.15, -0.1) is 0 Å². The molecule has 1 aromatic carbocycles. The van der Waals surface area contributed by atoms with Gasteiger partial charge >= 0.3 is 0 Å². The number of fused-ring (bicyclic) bond motifs is 1. The SMILES string of the molecule is Cc1c(F)cc([C@H]2C[C@@H](C)CN(C(C=O)C3CCN(C)CC3)C2)c2cccnc12. The molecule has 0 spiro atoms. The fraction of sp³-hybridized carbons (Fsp3) is 0.583. The van der Waals surface area contributed by atoms with Gasteiger partial charge in [-0.25, -0.2) is 4.39 Å². The average Bonchev–Trinajstić information content (AvgIpc) is 2.72. The average molecular weight is 398 g/mol. The summed E-state index contributed by atoms with van der Waals surface area (Å²) in [5.41, 5.74) is 2.41. The Bertz CT molecular complexity index is 878. The Labute approximate surface area is 173 Å². The Kier molecular flexibility index (Phi) is 5.98. The molecule has 1 aromatic heterocycles. The third kappa shape index (κ3) is 4.08. The minimum Gasteiger partial charge on any atom is -0.306 e. The largest absolute Gasteiger partial charge is 0.306 e. The number of aryl methyl sites for hydroxylation is 1. The summed E-state index contributed by atoms with van der Waals surface area (Å²) in [5.74, 6) is 0.925. The van der Waals surface area contributed by atoms with Gasteiger partial charge in [0.15, 0.2) is 0 Å². The van der Waals surface area contributed by atoms with Gasteiger partial charge in [0.1, 0.15) is 12.1 Å². The smallest absolute Gasteiger partial charge is 0.137 e. The van der Waals surface area contributed by atoms with Crippen molar-refractivity contribution in [2.75, 3.05) is 33.2 Å². The number of carbonyl (C=O) groups is 1. The third-order valence-electron chi connectivity index (χ3n) is 7.05. The van der Waals surface area contributed by atoms with Gasteiger partial charge in [0.05, 0.1) is 11.6 Å².